The van der Waals surface area contributed by atoms with Gasteiger partial charge in [-0.15, -0.1) is 0 Å². The molecule has 0 unspecified atom stereocenters. The molecule has 0 aliphatic rings. The Hall–Kier alpha value is -1.80. The lowest BCUT2D eigenvalue weighted by Crippen LogP contribution is -2.63. The second-order valence-electron chi connectivity index (χ2n) is 10.3. The van der Waals surface area contributed by atoms with Crippen LogP contribution in [-0.2, 0) is 30.1 Å². The summed E-state index contributed by atoms with van der Waals surface area (Å²) in [5, 5.41) is 26.0. The van der Waals surface area contributed by atoms with Gasteiger partial charge in [0.2, 0.25) is 30.1 Å². The van der Waals surface area contributed by atoms with E-state index < -0.39 is 39.9 Å². The fourth-order valence-corrected chi connectivity index (χ4v) is 12.1. The van der Waals surface area contributed by atoms with Crippen LogP contribution in [0.5, 0.6) is 0 Å². The number of nitriles is 3. The highest BCUT2D eigenvalue weighted by Gasteiger charge is 2.64. The maximum absolute atomic E-state index is 13.8. The molecule has 0 radical (unpaired) electrons. The molecule has 0 atom stereocenters. The van der Waals surface area contributed by atoms with Crippen LogP contribution in [0.3, 0.4) is 0 Å². The highest BCUT2D eigenvalue weighted by Crippen LogP contribution is 2.35. The van der Waals surface area contributed by atoms with Crippen LogP contribution in [-0.4, -0.2) is 48.3 Å². The first-order valence-electron chi connectivity index (χ1n) is 15.1. The molecule has 0 saturated heterocycles. The summed E-state index contributed by atoms with van der Waals surface area (Å²) in [4.78, 5) is 0. The van der Waals surface area contributed by atoms with Crippen molar-refractivity contribution in [3.63, 3.8) is 0 Å². The quantitative estimate of drug-likeness (QED) is 0.102. The summed E-state index contributed by atoms with van der Waals surface area (Å²) in [5.74, 6) is 0. The largest absolute Gasteiger partial charge is 0.313 e. The van der Waals surface area contributed by atoms with E-state index in [-0.39, 0.29) is 26.1 Å². The Kier molecular flexibility index (Phi) is 21.7. The predicted octanol–water partition coefficient (Wildman–Crippen LogP) is 4.40. The first-order chi connectivity index (χ1) is 20.0. The van der Waals surface area contributed by atoms with Crippen molar-refractivity contribution in [1.29, 1.82) is 15.8 Å². The van der Waals surface area contributed by atoms with Crippen molar-refractivity contribution in [3.8, 4) is 18.2 Å². The number of rotatable bonds is 28. The fraction of sp³-hybridized carbons (Fsp3) is 0.889. The monoisotopic (exact) mass is 650 g/mol. The van der Waals surface area contributed by atoms with Gasteiger partial charge in [0, 0.05) is 45.3 Å². The van der Waals surface area contributed by atoms with Crippen LogP contribution in [0.1, 0.15) is 129 Å². The van der Waals surface area contributed by atoms with Gasteiger partial charge in [0.1, 0.15) is 0 Å². The van der Waals surface area contributed by atoms with Crippen LogP contribution in [0.25, 0.3) is 0 Å². The van der Waals surface area contributed by atoms with E-state index in [9.17, 15) is 25.3 Å². The lowest BCUT2D eigenvalue weighted by molar-refractivity contribution is 0.508. The average Bonchev–Trinajstić information content (AvgIpc) is 2.93. The summed E-state index contributed by atoms with van der Waals surface area (Å²) in [6.45, 7) is 1.45. The number of nitrogens with one attached hydrogen (secondary N) is 3. The maximum Gasteiger partial charge on any atom is 0.313 e. The predicted molar refractivity (Wildman–Crippen MR) is 164 cm³/mol. The van der Waals surface area contributed by atoms with E-state index in [1.807, 2.05) is 25.1 Å². The summed E-state index contributed by atoms with van der Waals surface area (Å²) in [5.41, 5.74) is 0. The molecule has 15 heteroatoms. The third kappa shape index (κ3) is 14.1. The van der Waals surface area contributed by atoms with E-state index in [4.69, 9.17) is 15.8 Å². The molecule has 0 bridgehead atoms. The van der Waals surface area contributed by atoms with E-state index in [1.165, 1.54) is 0 Å². The van der Waals surface area contributed by atoms with E-state index in [2.05, 4.69) is 14.2 Å². The Morgan fingerprint density at radius 3 is 1.07 bits per heavy atom. The van der Waals surface area contributed by atoms with Gasteiger partial charge in [0.15, 0.2) is 0 Å². The van der Waals surface area contributed by atoms with Crippen molar-refractivity contribution in [2.24, 2.45) is 0 Å². The Labute approximate surface area is 254 Å². The topological polar surface area (TPSA) is 210 Å². The molecule has 0 fully saturated rings. The minimum Gasteiger partial charge on any atom is -0.213 e. The van der Waals surface area contributed by atoms with Gasteiger partial charge in [-0.1, -0.05) is 58.3 Å². The molecule has 42 heavy (non-hydrogen) atoms. The van der Waals surface area contributed by atoms with Crippen molar-refractivity contribution in [3.05, 3.63) is 0 Å². The van der Waals surface area contributed by atoms with E-state index >= 15 is 0 Å². The number of hydrogen-bond acceptors (Lipinski definition) is 9. The van der Waals surface area contributed by atoms with Crippen molar-refractivity contribution in [2.45, 2.75) is 132 Å². The van der Waals surface area contributed by atoms with Gasteiger partial charge < -0.3 is 0 Å². The molecule has 0 amide bonds. The Morgan fingerprint density at radius 2 is 0.786 bits per heavy atom. The summed E-state index contributed by atoms with van der Waals surface area (Å²) in [7, 11) is -14.9. The number of hydrogen-bond donors (Lipinski definition) is 3. The lowest BCUT2D eigenvalue weighted by Gasteiger charge is -2.32. The molecule has 0 saturated carbocycles. The smallest absolute Gasteiger partial charge is 0.213 e. The standard InChI is InChI=1S/C27H50N6O6S3/c1-2-3-13-20-27(40(34,35)31-24-17-10-4-7-14-21-28,41(36,37)32-25-18-11-5-8-15-22-29)42(38,39)33-26-19-12-6-9-16-23-30/h31-33H,2-20,24-26H2,1H3. The molecule has 0 aromatic heterocycles. The van der Waals surface area contributed by atoms with Gasteiger partial charge in [0.05, 0.1) is 18.2 Å². The van der Waals surface area contributed by atoms with Gasteiger partial charge in [-0.05, 0) is 44.9 Å². The molecule has 0 rings (SSSR count). The zero-order valence-corrected chi connectivity index (χ0v) is 27.5. The van der Waals surface area contributed by atoms with E-state index in [0.29, 0.717) is 109 Å². The lowest BCUT2D eigenvalue weighted by atomic mass is 10.1. The van der Waals surface area contributed by atoms with Crippen LogP contribution in [0.2, 0.25) is 0 Å². The molecule has 12 nitrogen and oxygen atoms in total. The summed E-state index contributed by atoms with van der Waals surface area (Å²) >= 11 is 0. The average molecular weight is 651 g/mol. The van der Waals surface area contributed by atoms with Gasteiger partial charge in [0.25, 0.3) is 0 Å². The highest BCUT2D eigenvalue weighted by molar-refractivity contribution is 8.24. The third-order valence-corrected chi connectivity index (χ3v) is 15.6. The van der Waals surface area contributed by atoms with Gasteiger partial charge in [-0.25, -0.2) is 39.4 Å². The van der Waals surface area contributed by atoms with Crippen LogP contribution >= 0.6 is 0 Å². The summed E-state index contributed by atoms with van der Waals surface area (Å²) in [6.07, 6.45) is 8.60. The zero-order chi connectivity index (χ0) is 31.8. The molecule has 0 aromatic carbocycles. The van der Waals surface area contributed by atoms with Crippen molar-refractivity contribution in [2.75, 3.05) is 19.6 Å². The van der Waals surface area contributed by atoms with Crippen LogP contribution < -0.4 is 14.2 Å². The first kappa shape index (κ1) is 40.2. The van der Waals surface area contributed by atoms with Crippen LogP contribution in [0.15, 0.2) is 0 Å². The molecular formula is C27H50N6O6S3. The Bertz CT molecular complexity index is 1050. The minimum absolute atomic E-state index is 0.0652. The Balaban J connectivity index is 6.08. The molecular weight excluding hydrogens is 601 g/mol. The van der Waals surface area contributed by atoms with Crippen molar-refractivity contribution < 1.29 is 25.3 Å². The van der Waals surface area contributed by atoms with Crippen LogP contribution in [0.4, 0.5) is 0 Å². The normalized spacial score (nSPS) is 12.4. The molecule has 0 heterocycles. The minimum atomic E-state index is -4.96. The van der Waals surface area contributed by atoms with E-state index in [1.54, 1.807) is 0 Å². The Morgan fingerprint density at radius 1 is 0.476 bits per heavy atom. The van der Waals surface area contributed by atoms with E-state index in [0.717, 1.165) is 0 Å². The SMILES string of the molecule is CCCCCC(S(=O)(=O)NCCCCCCC#N)(S(=O)(=O)NCCCCCCC#N)S(=O)(=O)NCCCCCCC#N. The molecule has 242 valence electrons. The molecule has 0 aliphatic heterocycles. The molecule has 3 N–H and O–H groups in total. The first-order valence-corrected chi connectivity index (χ1v) is 19.5. The summed E-state index contributed by atoms with van der Waals surface area (Å²) in [6, 6.07) is 6.13. The van der Waals surface area contributed by atoms with Gasteiger partial charge in [-0.2, -0.15) is 15.8 Å². The summed E-state index contributed by atoms with van der Waals surface area (Å²) < 4.78 is 86.7. The number of sulfonamides is 3. The second-order valence-corrected chi connectivity index (χ2v) is 17.1. The second kappa shape index (κ2) is 22.7. The fourth-order valence-electron chi connectivity index (χ4n) is 4.43. The molecule has 0 aromatic rings. The zero-order valence-electron chi connectivity index (χ0n) is 25.1. The van der Waals surface area contributed by atoms with Crippen molar-refractivity contribution in [1.82, 2.24) is 14.2 Å². The molecule has 0 aliphatic carbocycles. The third-order valence-electron chi connectivity index (χ3n) is 6.84. The van der Waals surface area contributed by atoms with Gasteiger partial charge >= 0.3 is 3.41 Å². The van der Waals surface area contributed by atoms with Gasteiger partial charge in [-0.3, -0.25) is 0 Å². The highest BCUT2D eigenvalue weighted by atomic mass is 32.3. The van der Waals surface area contributed by atoms with Crippen LogP contribution in [0, 0.1) is 34.0 Å². The number of unbranched alkanes of at least 4 members (excludes halogenated alkanes) is 14. The van der Waals surface area contributed by atoms with Crippen molar-refractivity contribution >= 4 is 30.1 Å². The number of nitrogens with zero attached hydrogens (tertiary/aromatic N) is 3. The molecule has 0 spiro atoms. The maximum atomic E-state index is 13.8.